The Morgan fingerprint density at radius 2 is 1.87 bits per heavy atom. The van der Waals surface area contributed by atoms with Crippen molar-refractivity contribution in [1.82, 2.24) is 10.6 Å². The summed E-state index contributed by atoms with van der Waals surface area (Å²) in [6.45, 7) is 7.72. The summed E-state index contributed by atoms with van der Waals surface area (Å²) in [6.07, 6.45) is 4.68. The van der Waals surface area contributed by atoms with Crippen molar-refractivity contribution in [2.75, 3.05) is 6.61 Å². The van der Waals surface area contributed by atoms with Gasteiger partial charge in [0.15, 0.2) is 5.60 Å². The van der Waals surface area contributed by atoms with E-state index >= 15 is 0 Å². The largest absolute Gasteiger partial charge is 0.478 e. The van der Waals surface area contributed by atoms with Crippen LogP contribution < -0.4 is 15.4 Å². The van der Waals surface area contributed by atoms with Crippen molar-refractivity contribution in [3.05, 3.63) is 28.8 Å². The molecule has 31 heavy (non-hydrogen) atoms. The molecule has 4 aliphatic rings. The molecule has 3 unspecified atom stereocenters. The number of carbonyl (C=O) groups excluding carboxylic acids is 2. The monoisotopic (exact) mass is 448 g/mol. The van der Waals surface area contributed by atoms with Gasteiger partial charge < -0.3 is 20.1 Å². The maximum atomic E-state index is 13.2. The summed E-state index contributed by atoms with van der Waals surface area (Å²) >= 11 is 6.04. The van der Waals surface area contributed by atoms with Crippen molar-refractivity contribution in [3.63, 3.8) is 0 Å². The van der Waals surface area contributed by atoms with Crippen molar-refractivity contribution in [3.8, 4) is 5.75 Å². The standard InChI is InChI=1S/C24H33ClN2O4/c1-5-30-22(29)27-24-11-15-9-16(12-24)20(17(10-15)13-24)26-21(28)23(3,4)31-19-7-6-18(25)8-14(19)2/h6-8,15-17,20H,5,9-13H2,1-4H3,(H,26,28)(H,27,29)/t15?,16-,17+,20?,24?. The van der Waals surface area contributed by atoms with Crippen LogP contribution in [-0.4, -0.2) is 35.8 Å². The molecular weight excluding hydrogens is 416 g/mol. The minimum Gasteiger partial charge on any atom is -0.478 e. The number of hydrogen-bond donors (Lipinski definition) is 2. The van der Waals surface area contributed by atoms with Gasteiger partial charge in [-0.3, -0.25) is 4.79 Å². The summed E-state index contributed by atoms with van der Waals surface area (Å²) in [5.74, 6) is 1.89. The summed E-state index contributed by atoms with van der Waals surface area (Å²) in [7, 11) is 0. The number of hydrogen-bond acceptors (Lipinski definition) is 4. The van der Waals surface area contributed by atoms with Gasteiger partial charge in [0.1, 0.15) is 5.75 Å². The van der Waals surface area contributed by atoms with E-state index in [2.05, 4.69) is 10.6 Å². The molecule has 170 valence electrons. The van der Waals surface area contributed by atoms with Gasteiger partial charge in [-0.2, -0.15) is 0 Å². The van der Waals surface area contributed by atoms with E-state index in [9.17, 15) is 9.59 Å². The lowest BCUT2D eigenvalue weighted by molar-refractivity contribution is -0.139. The van der Waals surface area contributed by atoms with E-state index in [1.165, 1.54) is 0 Å². The molecule has 2 N–H and O–H groups in total. The van der Waals surface area contributed by atoms with Crippen molar-refractivity contribution >= 4 is 23.6 Å². The normalized spacial score (nSPS) is 31.3. The van der Waals surface area contributed by atoms with Crippen LogP contribution in [0.25, 0.3) is 0 Å². The average Bonchev–Trinajstić information content (AvgIpc) is 2.66. The second kappa shape index (κ2) is 8.19. The zero-order valence-electron chi connectivity index (χ0n) is 18.8. The predicted octanol–water partition coefficient (Wildman–Crippen LogP) is 4.62. The molecule has 6 nitrogen and oxygen atoms in total. The molecule has 0 saturated heterocycles. The third-order valence-corrected chi connectivity index (χ3v) is 7.50. The number of rotatable bonds is 6. The van der Waals surface area contributed by atoms with Crippen LogP contribution in [0.1, 0.15) is 58.4 Å². The predicted molar refractivity (Wildman–Crippen MR) is 119 cm³/mol. The summed E-state index contributed by atoms with van der Waals surface area (Å²) in [4.78, 5) is 25.3. The van der Waals surface area contributed by atoms with Gasteiger partial charge in [0.05, 0.1) is 6.61 Å². The highest BCUT2D eigenvalue weighted by molar-refractivity contribution is 6.30. The number of amides is 2. The maximum absolute atomic E-state index is 13.2. The number of carbonyl (C=O) groups is 2. The smallest absolute Gasteiger partial charge is 0.407 e. The lowest BCUT2D eigenvalue weighted by Crippen LogP contribution is -2.67. The number of alkyl carbamates (subject to hydrolysis) is 1. The molecule has 5 atom stereocenters. The fourth-order valence-electron chi connectivity index (χ4n) is 6.17. The average molecular weight is 449 g/mol. The Labute approximate surface area is 189 Å². The molecule has 0 radical (unpaired) electrons. The summed E-state index contributed by atoms with van der Waals surface area (Å²) in [6, 6.07) is 5.53. The lowest BCUT2D eigenvalue weighted by Gasteiger charge is -2.60. The molecule has 1 aromatic carbocycles. The first-order valence-electron chi connectivity index (χ1n) is 11.3. The number of ether oxygens (including phenoxy) is 2. The highest BCUT2D eigenvalue weighted by Gasteiger charge is 2.56. The summed E-state index contributed by atoms with van der Waals surface area (Å²) in [5, 5.41) is 7.12. The SMILES string of the molecule is CCOC(=O)NC12CC3C[C@H](C1)C(NC(=O)C(C)(C)Oc1ccc(Cl)cc1C)[C@@H](C3)C2. The molecule has 4 bridgehead atoms. The quantitative estimate of drug-likeness (QED) is 0.665. The van der Waals surface area contributed by atoms with E-state index in [-0.39, 0.29) is 23.6 Å². The fourth-order valence-corrected chi connectivity index (χ4v) is 6.40. The molecule has 4 fully saturated rings. The van der Waals surface area contributed by atoms with Gasteiger partial charge >= 0.3 is 6.09 Å². The van der Waals surface area contributed by atoms with Crippen molar-refractivity contribution in [2.45, 2.75) is 77.0 Å². The first kappa shape index (κ1) is 22.3. The molecule has 2 amide bonds. The highest BCUT2D eigenvalue weighted by atomic mass is 35.5. The molecule has 7 heteroatoms. The van der Waals surface area contributed by atoms with E-state index < -0.39 is 5.60 Å². The Bertz CT molecular complexity index is 855. The number of halogens is 1. The molecule has 0 spiro atoms. The minimum absolute atomic E-state index is 0.105. The molecular formula is C24H33ClN2O4. The Kier molecular flexibility index (Phi) is 5.88. The lowest BCUT2D eigenvalue weighted by atomic mass is 9.51. The van der Waals surface area contributed by atoms with Gasteiger partial charge in [0.2, 0.25) is 0 Å². The Morgan fingerprint density at radius 3 is 2.48 bits per heavy atom. The van der Waals surface area contributed by atoms with Crippen LogP contribution in [-0.2, 0) is 9.53 Å². The fraction of sp³-hybridized carbons (Fsp3) is 0.667. The molecule has 5 rings (SSSR count). The molecule has 1 aromatic rings. The van der Waals surface area contributed by atoms with E-state index in [0.717, 1.165) is 37.7 Å². The summed E-state index contributed by atoms with van der Waals surface area (Å²) < 4.78 is 11.2. The number of benzene rings is 1. The first-order valence-corrected chi connectivity index (χ1v) is 11.7. The topological polar surface area (TPSA) is 76.7 Å². The third-order valence-electron chi connectivity index (χ3n) is 7.26. The van der Waals surface area contributed by atoms with E-state index in [0.29, 0.717) is 35.1 Å². The van der Waals surface area contributed by atoms with Crippen LogP contribution >= 0.6 is 11.6 Å². The van der Waals surface area contributed by atoms with Gasteiger partial charge in [-0.15, -0.1) is 0 Å². The number of nitrogens with one attached hydrogen (secondary N) is 2. The van der Waals surface area contributed by atoms with Crippen LogP contribution in [0, 0.1) is 24.7 Å². The van der Waals surface area contributed by atoms with Crippen LogP contribution in [0.4, 0.5) is 4.79 Å². The van der Waals surface area contributed by atoms with Gasteiger partial charge in [-0.25, -0.2) is 4.79 Å². The number of aryl methyl sites for hydroxylation is 1. The van der Waals surface area contributed by atoms with E-state index in [1.54, 1.807) is 26.0 Å². The molecule has 4 aliphatic carbocycles. The Morgan fingerprint density at radius 1 is 1.19 bits per heavy atom. The highest BCUT2D eigenvalue weighted by Crippen LogP contribution is 2.55. The molecule has 0 aromatic heterocycles. The van der Waals surface area contributed by atoms with E-state index in [1.807, 2.05) is 19.9 Å². The first-order chi connectivity index (χ1) is 14.6. The molecule has 0 aliphatic heterocycles. The van der Waals surface area contributed by atoms with Gasteiger partial charge in [-0.1, -0.05) is 11.6 Å². The van der Waals surface area contributed by atoms with Crippen LogP contribution in [0.15, 0.2) is 18.2 Å². The molecule has 4 saturated carbocycles. The zero-order chi connectivity index (χ0) is 22.4. The van der Waals surface area contributed by atoms with Gasteiger partial charge in [0.25, 0.3) is 5.91 Å². The Hall–Kier alpha value is -1.95. The molecule has 0 heterocycles. The van der Waals surface area contributed by atoms with Crippen molar-refractivity contribution in [2.24, 2.45) is 17.8 Å². The second-order valence-electron chi connectivity index (χ2n) is 10.1. The minimum atomic E-state index is -1.01. The van der Waals surface area contributed by atoms with Crippen LogP contribution in [0.3, 0.4) is 0 Å². The zero-order valence-corrected chi connectivity index (χ0v) is 19.6. The van der Waals surface area contributed by atoms with E-state index in [4.69, 9.17) is 21.1 Å². The van der Waals surface area contributed by atoms with Crippen molar-refractivity contribution in [1.29, 1.82) is 0 Å². The Balaban J connectivity index is 1.43. The summed E-state index contributed by atoms with van der Waals surface area (Å²) in [5.41, 5.74) is -0.292. The second-order valence-corrected chi connectivity index (χ2v) is 10.6. The van der Waals surface area contributed by atoms with Crippen molar-refractivity contribution < 1.29 is 19.1 Å². The van der Waals surface area contributed by atoms with Crippen LogP contribution in [0.5, 0.6) is 5.75 Å². The maximum Gasteiger partial charge on any atom is 0.407 e. The van der Waals surface area contributed by atoms with Crippen LogP contribution in [0.2, 0.25) is 5.02 Å². The van der Waals surface area contributed by atoms with Gasteiger partial charge in [0, 0.05) is 16.6 Å². The third kappa shape index (κ3) is 4.50. The van der Waals surface area contributed by atoms with Gasteiger partial charge in [-0.05, 0) is 101 Å².